The van der Waals surface area contributed by atoms with E-state index < -0.39 is 12.1 Å². The lowest BCUT2D eigenvalue weighted by molar-refractivity contribution is -0.117. The molecule has 0 aliphatic heterocycles. The highest BCUT2D eigenvalue weighted by molar-refractivity contribution is 7.99. The van der Waals surface area contributed by atoms with Crippen LogP contribution in [0.4, 0.5) is 4.79 Å². The number of aliphatic hydroxyl groups is 1. The standard InChI is InChI=1S/C17H24N2O3S/c20-15(13-7-3-1-4-8-13)11-23-12-16(21)19-17(22)18-14-9-5-2-6-10-14/h1,3-4,7-8,14-15,20H,2,5-6,9-12H2,(H2,18,19,21,22)/t15-/m1/s1. The molecule has 2 rings (SSSR count). The molecule has 1 fully saturated rings. The number of thioether (sulfide) groups is 1. The summed E-state index contributed by atoms with van der Waals surface area (Å²) in [6.07, 6.45) is 4.85. The highest BCUT2D eigenvalue weighted by Gasteiger charge is 2.17. The van der Waals surface area contributed by atoms with E-state index in [1.807, 2.05) is 30.3 Å². The van der Waals surface area contributed by atoms with Crippen molar-refractivity contribution in [3.05, 3.63) is 35.9 Å². The van der Waals surface area contributed by atoms with Gasteiger partial charge in [0.05, 0.1) is 11.9 Å². The largest absolute Gasteiger partial charge is 0.388 e. The van der Waals surface area contributed by atoms with Crippen molar-refractivity contribution in [3.63, 3.8) is 0 Å². The van der Waals surface area contributed by atoms with Crippen LogP contribution in [-0.2, 0) is 4.79 Å². The fourth-order valence-electron chi connectivity index (χ4n) is 2.67. The molecule has 0 unspecified atom stereocenters. The van der Waals surface area contributed by atoms with Gasteiger partial charge < -0.3 is 10.4 Å². The van der Waals surface area contributed by atoms with E-state index in [0.29, 0.717) is 5.75 Å². The fraction of sp³-hybridized carbons (Fsp3) is 0.529. The van der Waals surface area contributed by atoms with Gasteiger partial charge in [0.15, 0.2) is 0 Å². The molecule has 0 bridgehead atoms. The quantitative estimate of drug-likeness (QED) is 0.746. The number of amides is 3. The summed E-state index contributed by atoms with van der Waals surface area (Å²) in [7, 11) is 0. The average Bonchev–Trinajstić information content (AvgIpc) is 2.56. The normalized spacial score (nSPS) is 16.6. The molecule has 1 saturated carbocycles. The second-order valence-corrected chi connectivity index (χ2v) is 6.83. The number of imide groups is 1. The van der Waals surface area contributed by atoms with Gasteiger partial charge in [0.1, 0.15) is 0 Å². The number of hydrogen-bond acceptors (Lipinski definition) is 4. The lowest BCUT2D eigenvalue weighted by Gasteiger charge is -2.22. The Labute approximate surface area is 141 Å². The van der Waals surface area contributed by atoms with Crippen molar-refractivity contribution in [3.8, 4) is 0 Å². The Kier molecular flexibility index (Phi) is 7.42. The third-order valence-electron chi connectivity index (χ3n) is 3.89. The van der Waals surface area contributed by atoms with Gasteiger partial charge in [-0.1, -0.05) is 49.6 Å². The number of urea groups is 1. The number of hydrogen-bond donors (Lipinski definition) is 3. The second-order valence-electron chi connectivity index (χ2n) is 5.80. The molecule has 1 aliphatic rings. The molecule has 1 aromatic carbocycles. The minimum Gasteiger partial charge on any atom is -0.388 e. The zero-order valence-electron chi connectivity index (χ0n) is 13.2. The van der Waals surface area contributed by atoms with Crippen molar-refractivity contribution < 1.29 is 14.7 Å². The molecule has 0 heterocycles. The maximum absolute atomic E-state index is 11.7. The Morgan fingerprint density at radius 2 is 1.87 bits per heavy atom. The molecule has 6 heteroatoms. The van der Waals surface area contributed by atoms with E-state index in [-0.39, 0.29) is 17.7 Å². The highest BCUT2D eigenvalue weighted by atomic mass is 32.2. The summed E-state index contributed by atoms with van der Waals surface area (Å²) >= 11 is 1.31. The third-order valence-corrected chi connectivity index (χ3v) is 4.90. The van der Waals surface area contributed by atoms with Gasteiger partial charge in [0.2, 0.25) is 5.91 Å². The number of carbonyl (C=O) groups excluding carboxylic acids is 2. The summed E-state index contributed by atoms with van der Waals surface area (Å²) in [6.45, 7) is 0. The predicted molar refractivity (Wildman–Crippen MR) is 92.3 cm³/mol. The molecule has 3 N–H and O–H groups in total. The van der Waals surface area contributed by atoms with Crippen molar-refractivity contribution in [2.75, 3.05) is 11.5 Å². The number of nitrogens with one attached hydrogen (secondary N) is 2. The Morgan fingerprint density at radius 1 is 1.17 bits per heavy atom. The number of carbonyl (C=O) groups is 2. The molecule has 0 radical (unpaired) electrons. The maximum atomic E-state index is 11.7. The third kappa shape index (κ3) is 6.62. The van der Waals surface area contributed by atoms with Gasteiger partial charge in [0, 0.05) is 11.8 Å². The van der Waals surface area contributed by atoms with E-state index in [2.05, 4.69) is 10.6 Å². The molecule has 23 heavy (non-hydrogen) atoms. The van der Waals surface area contributed by atoms with Gasteiger partial charge in [0.25, 0.3) is 0 Å². The summed E-state index contributed by atoms with van der Waals surface area (Å²) < 4.78 is 0. The fourth-order valence-corrected chi connectivity index (χ4v) is 3.46. The topological polar surface area (TPSA) is 78.4 Å². The van der Waals surface area contributed by atoms with Crippen LogP contribution in [0.3, 0.4) is 0 Å². The van der Waals surface area contributed by atoms with Crippen molar-refractivity contribution in [1.29, 1.82) is 0 Å². The molecule has 1 aromatic rings. The first-order valence-corrected chi connectivity index (χ1v) is 9.21. The van der Waals surface area contributed by atoms with Crippen molar-refractivity contribution in [1.82, 2.24) is 10.6 Å². The molecule has 5 nitrogen and oxygen atoms in total. The van der Waals surface area contributed by atoms with Crippen molar-refractivity contribution in [2.45, 2.75) is 44.2 Å². The summed E-state index contributed by atoms with van der Waals surface area (Å²) in [4.78, 5) is 23.5. The van der Waals surface area contributed by atoms with E-state index in [9.17, 15) is 14.7 Å². The van der Waals surface area contributed by atoms with Crippen LogP contribution in [0.15, 0.2) is 30.3 Å². The first-order valence-electron chi connectivity index (χ1n) is 8.06. The number of rotatable bonds is 6. The van der Waals surface area contributed by atoms with Crippen LogP contribution in [0.5, 0.6) is 0 Å². The van der Waals surface area contributed by atoms with Gasteiger partial charge in [-0.05, 0) is 18.4 Å². The van der Waals surface area contributed by atoms with E-state index in [0.717, 1.165) is 31.2 Å². The van der Waals surface area contributed by atoms with Gasteiger partial charge in [-0.15, -0.1) is 11.8 Å². The van der Waals surface area contributed by atoms with Crippen LogP contribution in [0.1, 0.15) is 43.8 Å². The van der Waals surface area contributed by atoms with Crippen LogP contribution < -0.4 is 10.6 Å². The van der Waals surface area contributed by atoms with Crippen LogP contribution in [0.2, 0.25) is 0 Å². The summed E-state index contributed by atoms with van der Waals surface area (Å²) in [5, 5.41) is 15.2. The lowest BCUT2D eigenvalue weighted by Crippen LogP contribution is -2.45. The number of aliphatic hydroxyl groups excluding tert-OH is 1. The molecule has 0 spiro atoms. The molecule has 1 atom stereocenters. The molecule has 0 saturated heterocycles. The van der Waals surface area contributed by atoms with Gasteiger partial charge in [-0.2, -0.15) is 0 Å². The predicted octanol–water partition coefficient (Wildman–Crippen LogP) is 2.61. The second kappa shape index (κ2) is 9.57. The molecule has 0 aromatic heterocycles. The summed E-state index contributed by atoms with van der Waals surface area (Å²) in [5.74, 6) is 0.243. The molecule has 3 amide bonds. The molecule has 126 valence electrons. The minimum atomic E-state index is -0.606. The Hall–Kier alpha value is -1.53. The van der Waals surface area contributed by atoms with E-state index in [1.54, 1.807) is 0 Å². The van der Waals surface area contributed by atoms with Crippen LogP contribution in [0.25, 0.3) is 0 Å². The van der Waals surface area contributed by atoms with Gasteiger partial charge >= 0.3 is 6.03 Å². The molecule has 1 aliphatic carbocycles. The van der Waals surface area contributed by atoms with Crippen molar-refractivity contribution >= 4 is 23.7 Å². The summed E-state index contributed by atoms with van der Waals surface area (Å²) in [6, 6.07) is 9.10. The van der Waals surface area contributed by atoms with Gasteiger partial charge in [-0.25, -0.2) is 4.79 Å². The van der Waals surface area contributed by atoms with Crippen LogP contribution in [-0.4, -0.2) is 34.6 Å². The maximum Gasteiger partial charge on any atom is 0.321 e. The monoisotopic (exact) mass is 336 g/mol. The molecular formula is C17H24N2O3S. The smallest absolute Gasteiger partial charge is 0.321 e. The first kappa shape index (κ1) is 17.8. The van der Waals surface area contributed by atoms with E-state index in [1.165, 1.54) is 18.2 Å². The lowest BCUT2D eigenvalue weighted by atomic mass is 9.96. The number of benzene rings is 1. The van der Waals surface area contributed by atoms with Crippen LogP contribution in [0, 0.1) is 0 Å². The van der Waals surface area contributed by atoms with Gasteiger partial charge in [-0.3, -0.25) is 10.1 Å². The summed E-state index contributed by atoms with van der Waals surface area (Å²) in [5.41, 5.74) is 0.829. The Bertz CT molecular complexity index is 504. The average molecular weight is 336 g/mol. The van der Waals surface area contributed by atoms with E-state index >= 15 is 0 Å². The molecular weight excluding hydrogens is 312 g/mol. The zero-order valence-corrected chi connectivity index (χ0v) is 14.0. The minimum absolute atomic E-state index is 0.155. The zero-order chi connectivity index (χ0) is 16.5. The Morgan fingerprint density at radius 3 is 2.57 bits per heavy atom. The highest BCUT2D eigenvalue weighted by Crippen LogP contribution is 2.18. The van der Waals surface area contributed by atoms with Crippen molar-refractivity contribution in [2.24, 2.45) is 0 Å². The Balaban J connectivity index is 1.61. The SMILES string of the molecule is O=C(CSC[C@@H](O)c1ccccc1)NC(=O)NC1CCCCC1. The first-order chi connectivity index (χ1) is 11.1. The van der Waals surface area contributed by atoms with E-state index in [4.69, 9.17) is 0 Å². The van der Waals surface area contributed by atoms with Crippen LogP contribution >= 0.6 is 11.8 Å².